The minimum atomic E-state index is 0.822. The first-order valence-electron chi connectivity index (χ1n) is 6.08. The number of anilines is 1. The first-order chi connectivity index (χ1) is 9.29. The number of hydrogen-bond acceptors (Lipinski definition) is 2. The second-order valence-corrected chi connectivity index (χ2v) is 4.04. The van der Waals surface area contributed by atoms with Crippen molar-refractivity contribution in [1.82, 2.24) is 4.98 Å². The van der Waals surface area contributed by atoms with Crippen LogP contribution in [-0.4, -0.2) is 4.98 Å². The lowest BCUT2D eigenvalue weighted by molar-refractivity contribution is 1.37. The monoisotopic (exact) mass is 248 g/mol. The zero-order valence-corrected chi connectivity index (χ0v) is 10.7. The van der Waals surface area contributed by atoms with Crippen molar-refractivity contribution in [3.63, 3.8) is 0 Å². The molecular weight excluding hydrogens is 232 g/mol. The van der Waals surface area contributed by atoms with E-state index in [0.717, 1.165) is 16.9 Å². The molecule has 0 unspecified atom stereocenters. The fourth-order valence-electron chi connectivity index (χ4n) is 1.65. The second-order valence-electron chi connectivity index (χ2n) is 4.04. The average Bonchev–Trinajstić information content (AvgIpc) is 2.48. The quantitative estimate of drug-likeness (QED) is 0.657. The van der Waals surface area contributed by atoms with Gasteiger partial charge in [-0.05, 0) is 30.3 Å². The van der Waals surface area contributed by atoms with Crippen molar-refractivity contribution in [3.8, 4) is 0 Å². The number of para-hydroxylation sites is 2. The van der Waals surface area contributed by atoms with Crippen LogP contribution >= 0.6 is 0 Å². The van der Waals surface area contributed by atoms with Crippen LogP contribution in [0.3, 0.4) is 0 Å². The smallest absolute Gasteiger partial charge is 0.0709 e. The first kappa shape index (κ1) is 12.8. The third kappa shape index (κ3) is 3.68. The Labute approximate surface area is 113 Å². The van der Waals surface area contributed by atoms with Crippen LogP contribution in [-0.2, 0) is 0 Å². The molecule has 2 heteroatoms. The first-order valence-corrected chi connectivity index (χ1v) is 6.08. The molecule has 0 radical (unpaired) electrons. The van der Waals surface area contributed by atoms with Gasteiger partial charge in [0.1, 0.15) is 0 Å². The normalized spacial score (nSPS) is 9.47. The molecule has 3 aromatic rings. The molecule has 94 valence electrons. The fraction of sp³-hybridized carbons (Fsp3) is 0. The zero-order chi connectivity index (χ0) is 13.5. The Kier molecular flexibility index (Phi) is 4.29. The molecule has 3 rings (SSSR count). The summed E-state index contributed by atoms with van der Waals surface area (Å²) >= 11 is 0. The van der Waals surface area contributed by atoms with E-state index >= 15 is 0 Å². The molecule has 0 aliphatic heterocycles. The minimum Gasteiger partial charge on any atom is -0.399 e. The number of nitrogens with two attached hydrogens (primary N) is 1. The summed E-state index contributed by atoms with van der Waals surface area (Å²) < 4.78 is 0. The predicted octanol–water partition coefficient (Wildman–Crippen LogP) is 4.15. The maximum absolute atomic E-state index is 5.36. The number of benzene rings is 2. The van der Waals surface area contributed by atoms with Crippen LogP contribution in [0.15, 0.2) is 73.3 Å². The van der Waals surface area contributed by atoms with E-state index in [1.807, 2.05) is 54.6 Å². The Morgan fingerprint density at radius 3 is 2.16 bits per heavy atom. The SMILES string of the molecule is C=Cc1ccc2ccccc2n1.Nc1ccccc1. The number of pyridine rings is 1. The molecule has 0 spiro atoms. The van der Waals surface area contributed by atoms with Crippen LogP contribution in [0.4, 0.5) is 5.69 Å². The molecule has 0 atom stereocenters. The Morgan fingerprint density at radius 2 is 1.53 bits per heavy atom. The van der Waals surface area contributed by atoms with Gasteiger partial charge in [-0.3, -0.25) is 0 Å². The summed E-state index contributed by atoms with van der Waals surface area (Å²) in [6, 6.07) is 21.6. The van der Waals surface area contributed by atoms with Gasteiger partial charge in [-0.25, -0.2) is 4.98 Å². The van der Waals surface area contributed by atoms with Gasteiger partial charge in [-0.2, -0.15) is 0 Å². The fourth-order valence-corrected chi connectivity index (χ4v) is 1.65. The summed E-state index contributed by atoms with van der Waals surface area (Å²) in [6.45, 7) is 3.68. The maximum Gasteiger partial charge on any atom is 0.0709 e. The largest absolute Gasteiger partial charge is 0.399 e. The minimum absolute atomic E-state index is 0.822. The van der Waals surface area contributed by atoms with Crippen LogP contribution in [0.2, 0.25) is 0 Å². The molecule has 1 heterocycles. The summed E-state index contributed by atoms with van der Waals surface area (Å²) in [5.41, 5.74) is 8.13. The van der Waals surface area contributed by atoms with Gasteiger partial charge < -0.3 is 5.73 Å². The van der Waals surface area contributed by atoms with Crippen molar-refractivity contribution in [2.75, 3.05) is 5.73 Å². The lowest BCUT2D eigenvalue weighted by Crippen LogP contribution is -1.81. The van der Waals surface area contributed by atoms with E-state index in [1.165, 1.54) is 5.39 Å². The zero-order valence-electron chi connectivity index (χ0n) is 10.7. The topological polar surface area (TPSA) is 38.9 Å². The molecule has 2 aromatic carbocycles. The van der Waals surface area contributed by atoms with Crippen LogP contribution in [0, 0.1) is 0 Å². The average molecular weight is 248 g/mol. The van der Waals surface area contributed by atoms with Crippen molar-refractivity contribution < 1.29 is 0 Å². The molecule has 0 saturated heterocycles. The van der Waals surface area contributed by atoms with Crippen molar-refractivity contribution in [1.29, 1.82) is 0 Å². The Morgan fingerprint density at radius 1 is 0.842 bits per heavy atom. The number of nitrogen functional groups attached to an aromatic ring is 1. The van der Waals surface area contributed by atoms with Crippen molar-refractivity contribution in [2.45, 2.75) is 0 Å². The molecule has 0 amide bonds. The molecule has 1 aromatic heterocycles. The lowest BCUT2D eigenvalue weighted by atomic mass is 10.2. The summed E-state index contributed by atoms with van der Waals surface area (Å²) in [7, 11) is 0. The van der Waals surface area contributed by atoms with Crippen molar-refractivity contribution >= 4 is 22.7 Å². The summed E-state index contributed by atoms with van der Waals surface area (Å²) in [5, 5.41) is 1.17. The standard InChI is InChI=1S/C11H9N.C6H7N/c1-2-10-8-7-9-5-3-4-6-11(9)12-10;7-6-4-2-1-3-5-6/h2-8H,1H2;1-5H,7H2. The Bertz CT molecular complexity index is 660. The van der Waals surface area contributed by atoms with Gasteiger partial charge in [0.05, 0.1) is 11.2 Å². The van der Waals surface area contributed by atoms with E-state index in [1.54, 1.807) is 6.08 Å². The molecule has 0 aliphatic carbocycles. The highest BCUT2D eigenvalue weighted by Crippen LogP contribution is 2.11. The van der Waals surface area contributed by atoms with E-state index in [9.17, 15) is 0 Å². The molecular formula is C17H16N2. The molecule has 19 heavy (non-hydrogen) atoms. The third-order valence-electron chi connectivity index (χ3n) is 2.63. The number of rotatable bonds is 1. The number of aromatic nitrogens is 1. The van der Waals surface area contributed by atoms with Crippen LogP contribution in [0.5, 0.6) is 0 Å². The highest BCUT2D eigenvalue weighted by Gasteiger charge is 1.92. The molecule has 0 saturated carbocycles. The van der Waals surface area contributed by atoms with Gasteiger partial charge in [0.25, 0.3) is 0 Å². The van der Waals surface area contributed by atoms with Gasteiger partial charge >= 0.3 is 0 Å². The summed E-state index contributed by atoms with van der Waals surface area (Å²) in [5.74, 6) is 0. The van der Waals surface area contributed by atoms with Crippen molar-refractivity contribution in [2.24, 2.45) is 0 Å². The summed E-state index contributed by atoms with van der Waals surface area (Å²) in [6.07, 6.45) is 1.76. The lowest BCUT2D eigenvalue weighted by Gasteiger charge is -1.96. The van der Waals surface area contributed by atoms with Gasteiger partial charge in [-0.1, -0.05) is 49.0 Å². The molecule has 0 bridgehead atoms. The molecule has 0 aliphatic rings. The van der Waals surface area contributed by atoms with Gasteiger partial charge in [-0.15, -0.1) is 0 Å². The van der Waals surface area contributed by atoms with Crippen LogP contribution in [0.1, 0.15) is 5.69 Å². The Balaban J connectivity index is 0.000000163. The predicted molar refractivity (Wildman–Crippen MR) is 82.7 cm³/mol. The number of fused-ring (bicyclic) bond motifs is 1. The summed E-state index contributed by atoms with van der Waals surface area (Å²) in [4.78, 5) is 4.38. The highest BCUT2D eigenvalue weighted by atomic mass is 14.7. The number of nitrogens with zero attached hydrogens (tertiary/aromatic N) is 1. The van der Waals surface area contributed by atoms with E-state index < -0.39 is 0 Å². The van der Waals surface area contributed by atoms with Gasteiger partial charge in [0.15, 0.2) is 0 Å². The van der Waals surface area contributed by atoms with Crippen LogP contribution in [0.25, 0.3) is 17.0 Å². The second kappa shape index (κ2) is 6.36. The van der Waals surface area contributed by atoms with Gasteiger partial charge in [0, 0.05) is 11.1 Å². The van der Waals surface area contributed by atoms with E-state index in [0.29, 0.717) is 0 Å². The number of hydrogen-bond donors (Lipinski definition) is 1. The van der Waals surface area contributed by atoms with E-state index in [-0.39, 0.29) is 0 Å². The molecule has 0 fully saturated rings. The van der Waals surface area contributed by atoms with Gasteiger partial charge in [0.2, 0.25) is 0 Å². The van der Waals surface area contributed by atoms with E-state index in [2.05, 4.69) is 23.7 Å². The highest BCUT2D eigenvalue weighted by molar-refractivity contribution is 5.79. The van der Waals surface area contributed by atoms with E-state index in [4.69, 9.17) is 5.73 Å². The third-order valence-corrected chi connectivity index (χ3v) is 2.63. The molecule has 2 nitrogen and oxygen atoms in total. The van der Waals surface area contributed by atoms with Crippen LogP contribution < -0.4 is 5.73 Å². The Hall–Kier alpha value is -2.61. The van der Waals surface area contributed by atoms with Crippen molar-refractivity contribution in [3.05, 3.63) is 79.0 Å². The maximum atomic E-state index is 5.36. The molecule has 2 N–H and O–H groups in total.